The van der Waals surface area contributed by atoms with E-state index >= 15 is 0 Å². The van der Waals surface area contributed by atoms with E-state index < -0.39 is 12.4 Å². The molecule has 1 aromatic carbocycles. The molecule has 16 heavy (non-hydrogen) atoms. The lowest BCUT2D eigenvalue weighted by molar-refractivity contribution is -0.136. The number of methoxy groups -OCH3 is 1. The number of rotatable bonds is 5. The van der Waals surface area contributed by atoms with Crippen LogP contribution in [0.4, 0.5) is 8.78 Å². The average Bonchev–Trinajstić information content (AvgIpc) is 2.25. The van der Waals surface area contributed by atoms with Crippen molar-refractivity contribution in [1.82, 2.24) is 0 Å². The van der Waals surface area contributed by atoms with Crippen molar-refractivity contribution in [3.05, 3.63) is 29.3 Å². The Labute approximate surface area is 91.7 Å². The van der Waals surface area contributed by atoms with E-state index in [1.807, 2.05) is 0 Å². The average molecular weight is 230 g/mol. The molecule has 5 heteroatoms. The van der Waals surface area contributed by atoms with Gasteiger partial charge in [-0.15, -0.1) is 0 Å². The van der Waals surface area contributed by atoms with E-state index in [0.29, 0.717) is 11.3 Å². The number of alkyl halides is 2. The number of aliphatic carboxylic acids is 1. The van der Waals surface area contributed by atoms with Gasteiger partial charge < -0.3 is 9.84 Å². The minimum absolute atomic E-state index is 0.0962. The molecule has 0 amide bonds. The fraction of sp³-hybridized carbons (Fsp3) is 0.364. The lowest BCUT2D eigenvalue weighted by Gasteiger charge is -2.09. The Hall–Kier alpha value is -1.65. The van der Waals surface area contributed by atoms with Crippen molar-refractivity contribution in [2.45, 2.75) is 19.3 Å². The van der Waals surface area contributed by atoms with Gasteiger partial charge in [-0.05, 0) is 24.1 Å². The van der Waals surface area contributed by atoms with Crippen LogP contribution in [-0.2, 0) is 11.2 Å². The van der Waals surface area contributed by atoms with E-state index in [0.717, 1.165) is 0 Å². The summed E-state index contributed by atoms with van der Waals surface area (Å²) in [7, 11) is 1.39. The Morgan fingerprint density at radius 2 is 2.19 bits per heavy atom. The Balaban J connectivity index is 2.93. The molecule has 0 saturated heterocycles. The van der Waals surface area contributed by atoms with Gasteiger partial charge in [0.2, 0.25) is 0 Å². The molecule has 0 heterocycles. The maximum Gasteiger partial charge on any atom is 0.303 e. The normalized spacial score (nSPS) is 10.5. The zero-order chi connectivity index (χ0) is 12.1. The van der Waals surface area contributed by atoms with E-state index in [2.05, 4.69) is 0 Å². The minimum atomic E-state index is -2.63. The molecule has 3 nitrogen and oxygen atoms in total. The first-order chi connectivity index (χ1) is 7.54. The van der Waals surface area contributed by atoms with Crippen molar-refractivity contribution in [2.24, 2.45) is 0 Å². The number of ether oxygens (including phenoxy) is 1. The molecular formula is C11H12F2O3. The molecule has 0 aliphatic heterocycles. The van der Waals surface area contributed by atoms with Crippen LogP contribution in [0.3, 0.4) is 0 Å². The van der Waals surface area contributed by atoms with Crippen LogP contribution in [0, 0.1) is 0 Å². The minimum Gasteiger partial charge on any atom is -0.497 e. The van der Waals surface area contributed by atoms with Crippen molar-refractivity contribution < 1.29 is 23.4 Å². The van der Waals surface area contributed by atoms with Crippen LogP contribution in [0.25, 0.3) is 0 Å². The van der Waals surface area contributed by atoms with Gasteiger partial charge in [-0.25, -0.2) is 8.78 Å². The first-order valence-electron chi connectivity index (χ1n) is 4.71. The van der Waals surface area contributed by atoms with Gasteiger partial charge in [-0.1, -0.05) is 6.07 Å². The molecule has 0 atom stereocenters. The fourth-order valence-electron chi connectivity index (χ4n) is 1.37. The summed E-state index contributed by atoms with van der Waals surface area (Å²) < 4.78 is 30.2. The van der Waals surface area contributed by atoms with Crippen LogP contribution in [0.1, 0.15) is 24.0 Å². The molecule has 0 saturated carbocycles. The molecule has 1 aromatic rings. The van der Waals surface area contributed by atoms with Crippen LogP contribution in [0.15, 0.2) is 18.2 Å². The topological polar surface area (TPSA) is 46.5 Å². The zero-order valence-corrected chi connectivity index (χ0v) is 8.74. The monoisotopic (exact) mass is 230 g/mol. The third-order valence-electron chi connectivity index (χ3n) is 2.20. The molecule has 0 aromatic heterocycles. The highest BCUT2D eigenvalue weighted by molar-refractivity contribution is 5.67. The number of carboxylic acids is 1. The SMILES string of the molecule is COc1ccc(CCC(=O)O)c(C(F)F)c1. The van der Waals surface area contributed by atoms with Gasteiger partial charge in [0.05, 0.1) is 7.11 Å². The van der Waals surface area contributed by atoms with E-state index in [-0.39, 0.29) is 18.4 Å². The van der Waals surface area contributed by atoms with Gasteiger partial charge in [-0.3, -0.25) is 4.79 Å². The molecule has 0 aliphatic rings. The molecule has 0 bridgehead atoms. The van der Waals surface area contributed by atoms with Crippen LogP contribution in [-0.4, -0.2) is 18.2 Å². The predicted octanol–water partition coefficient (Wildman–Crippen LogP) is 2.65. The number of aryl methyl sites for hydroxylation is 1. The summed E-state index contributed by atoms with van der Waals surface area (Å²) in [5.41, 5.74) is 0.179. The lowest BCUT2D eigenvalue weighted by Crippen LogP contribution is -2.01. The summed E-state index contributed by atoms with van der Waals surface area (Å²) in [5.74, 6) is -0.662. The second-order valence-corrected chi connectivity index (χ2v) is 3.26. The smallest absolute Gasteiger partial charge is 0.303 e. The third-order valence-corrected chi connectivity index (χ3v) is 2.20. The lowest BCUT2D eigenvalue weighted by atomic mass is 10.0. The van der Waals surface area contributed by atoms with E-state index in [4.69, 9.17) is 9.84 Å². The number of hydrogen-bond donors (Lipinski definition) is 1. The number of carboxylic acid groups (broad SMARTS) is 1. The second-order valence-electron chi connectivity index (χ2n) is 3.26. The molecule has 0 fully saturated rings. The van der Waals surface area contributed by atoms with Gasteiger partial charge in [0.25, 0.3) is 6.43 Å². The summed E-state index contributed by atoms with van der Waals surface area (Å²) in [6.07, 6.45) is -2.69. The van der Waals surface area contributed by atoms with Crippen molar-refractivity contribution in [3.63, 3.8) is 0 Å². The fourth-order valence-corrected chi connectivity index (χ4v) is 1.37. The van der Waals surface area contributed by atoms with E-state index in [1.54, 1.807) is 6.07 Å². The molecular weight excluding hydrogens is 218 g/mol. The molecule has 0 spiro atoms. The molecule has 0 aliphatic carbocycles. The summed E-state index contributed by atoms with van der Waals surface area (Å²) in [6.45, 7) is 0. The van der Waals surface area contributed by atoms with Crippen molar-refractivity contribution in [3.8, 4) is 5.75 Å². The molecule has 0 radical (unpaired) electrons. The Morgan fingerprint density at radius 3 is 2.69 bits per heavy atom. The van der Waals surface area contributed by atoms with Gasteiger partial charge in [0.15, 0.2) is 0 Å². The predicted molar refractivity (Wildman–Crippen MR) is 53.9 cm³/mol. The van der Waals surface area contributed by atoms with Crippen LogP contribution < -0.4 is 4.74 Å². The number of halogens is 2. The van der Waals surface area contributed by atoms with Gasteiger partial charge in [0.1, 0.15) is 5.75 Å². The maximum atomic E-state index is 12.7. The summed E-state index contributed by atoms with van der Waals surface area (Å²) >= 11 is 0. The van der Waals surface area contributed by atoms with Crippen LogP contribution >= 0.6 is 0 Å². The third kappa shape index (κ3) is 3.18. The molecule has 1 rings (SSSR count). The Bertz CT molecular complexity index is 377. The maximum absolute atomic E-state index is 12.7. The number of carbonyl (C=O) groups is 1. The quantitative estimate of drug-likeness (QED) is 0.845. The summed E-state index contributed by atoms with van der Waals surface area (Å²) in [6, 6.07) is 4.26. The van der Waals surface area contributed by atoms with Gasteiger partial charge in [-0.2, -0.15) is 0 Å². The first-order valence-corrected chi connectivity index (χ1v) is 4.71. The highest BCUT2D eigenvalue weighted by Gasteiger charge is 2.14. The Kier molecular flexibility index (Phi) is 4.22. The summed E-state index contributed by atoms with van der Waals surface area (Å²) in [4.78, 5) is 10.4. The highest BCUT2D eigenvalue weighted by Crippen LogP contribution is 2.27. The van der Waals surface area contributed by atoms with Gasteiger partial charge >= 0.3 is 5.97 Å². The molecule has 1 N–H and O–H groups in total. The van der Waals surface area contributed by atoms with Crippen LogP contribution in [0.5, 0.6) is 5.75 Å². The molecule has 0 unspecified atom stereocenters. The van der Waals surface area contributed by atoms with Gasteiger partial charge in [0, 0.05) is 12.0 Å². The van der Waals surface area contributed by atoms with E-state index in [9.17, 15) is 13.6 Å². The number of benzene rings is 1. The standard InChI is InChI=1S/C11H12F2O3/c1-16-8-4-2-7(3-5-10(14)15)9(6-8)11(12)13/h2,4,6,11H,3,5H2,1H3,(H,14,15). The molecule has 88 valence electrons. The number of hydrogen-bond acceptors (Lipinski definition) is 2. The Morgan fingerprint density at radius 1 is 1.50 bits per heavy atom. The van der Waals surface area contributed by atoms with E-state index in [1.165, 1.54) is 19.2 Å². The highest BCUT2D eigenvalue weighted by atomic mass is 19.3. The zero-order valence-electron chi connectivity index (χ0n) is 8.74. The second kappa shape index (κ2) is 5.44. The van der Waals surface area contributed by atoms with Crippen molar-refractivity contribution in [1.29, 1.82) is 0 Å². The summed E-state index contributed by atoms with van der Waals surface area (Å²) in [5, 5.41) is 8.49. The van der Waals surface area contributed by atoms with Crippen molar-refractivity contribution in [2.75, 3.05) is 7.11 Å². The largest absolute Gasteiger partial charge is 0.497 e. The van der Waals surface area contributed by atoms with Crippen molar-refractivity contribution >= 4 is 5.97 Å². The first kappa shape index (κ1) is 12.4. The van der Waals surface area contributed by atoms with Crippen LogP contribution in [0.2, 0.25) is 0 Å².